The molecule has 2 amide bonds. The fourth-order valence-electron chi connectivity index (χ4n) is 4.97. The lowest BCUT2D eigenvalue weighted by Crippen LogP contribution is -2.42. The van der Waals surface area contributed by atoms with Gasteiger partial charge < -0.3 is 30.4 Å². The summed E-state index contributed by atoms with van der Waals surface area (Å²) in [5, 5.41) is 8.78. The maximum Gasteiger partial charge on any atom is 0.411 e. The van der Waals surface area contributed by atoms with E-state index in [-0.39, 0.29) is 49.2 Å². The van der Waals surface area contributed by atoms with Crippen LogP contribution in [0.1, 0.15) is 41.7 Å². The van der Waals surface area contributed by atoms with Gasteiger partial charge in [0.25, 0.3) is 5.91 Å². The fraction of sp³-hybridized carbons (Fsp3) is 0.379. The number of nitrogens with one attached hydrogen (secondary N) is 4. The SMILES string of the molecule is O=C(NCCOCC(F)(F)F)OCc1ccnc(C(=O)NC2CCCC(Nc3nc(-c4c[nH]c5ncc(F)cc45)ncc3F)C2)c1. The van der Waals surface area contributed by atoms with E-state index in [1.54, 1.807) is 12.3 Å². The van der Waals surface area contributed by atoms with Crippen molar-refractivity contribution in [3.05, 3.63) is 65.9 Å². The molecule has 244 valence electrons. The highest BCUT2D eigenvalue weighted by molar-refractivity contribution is 5.93. The van der Waals surface area contributed by atoms with E-state index in [1.807, 2.05) is 0 Å². The third-order valence-corrected chi connectivity index (χ3v) is 7.04. The van der Waals surface area contributed by atoms with Crippen LogP contribution in [0.3, 0.4) is 0 Å². The van der Waals surface area contributed by atoms with Crippen LogP contribution in [0.4, 0.5) is 32.6 Å². The number of carbonyl (C=O) groups is 2. The van der Waals surface area contributed by atoms with Gasteiger partial charge in [-0.25, -0.2) is 28.5 Å². The van der Waals surface area contributed by atoms with Crippen molar-refractivity contribution in [3.8, 4) is 11.4 Å². The lowest BCUT2D eigenvalue weighted by atomic mass is 9.91. The van der Waals surface area contributed by atoms with Crippen molar-refractivity contribution in [1.29, 1.82) is 0 Å². The molecule has 0 bridgehead atoms. The number of hydrogen-bond acceptors (Lipinski definition) is 9. The number of pyridine rings is 2. The molecular formula is C29H29F5N8O4. The van der Waals surface area contributed by atoms with Crippen LogP contribution in [0.25, 0.3) is 22.4 Å². The van der Waals surface area contributed by atoms with Gasteiger partial charge in [0.15, 0.2) is 17.5 Å². The lowest BCUT2D eigenvalue weighted by Gasteiger charge is -2.30. The molecule has 5 rings (SSSR count). The molecule has 0 radical (unpaired) electrons. The number of nitrogens with zero attached hydrogens (tertiary/aromatic N) is 4. The van der Waals surface area contributed by atoms with Crippen LogP contribution in [-0.4, -0.2) is 74.9 Å². The number of fused-ring (bicyclic) bond motifs is 1. The van der Waals surface area contributed by atoms with E-state index >= 15 is 0 Å². The van der Waals surface area contributed by atoms with E-state index in [4.69, 9.17) is 4.74 Å². The van der Waals surface area contributed by atoms with Crippen molar-refractivity contribution in [2.75, 3.05) is 25.1 Å². The highest BCUT2D eigenvalue weighted by Crippen LogP contribution is 2.28. The summed E-state index contributed by atoms with van der Waals surface area (Å²) in [5.74, 6) is -1.48. The van der Waals surface area contributed by atoms with Gasteiger partial charge in [-0.1, -0.05) is 0 Å². The highest BCUT2D eigenvalue weighted by Gasteiger charge is 2.27. The number of alkyl halides is 3. The number of alkyl carbamates (subject to hydrolysis) is 1. The Balaban J connectivity index is 1.12. The van der Waals surface area contributed by atoms with Gasteiger partial charge in [-0.05, 0) is 49.4 Å². The van der Waals surface area contributed by atoms with Crippen molar-refractivity contribution in [2.24, 2.45) is 0 Å². The normalized spacial score (nSPS) is 16.6. The summed E-state index contributed by atoms with van der Waals surface area (Å²) in [6, 6.07) is 3.83. The van der Waals surface area contributed by atoms with Gasteiger partial charge in [0.2, 0.25) is 0 Å². The summed E-state index contributed by atoms with van der Waals surface area (Å²) < 4.78 is 74.2. The molecule has 2 unspecified atom stereocenters. The Hall–Kier alpha value is -4.93. The molecule has 0 spiro atoms. The smallest absolute Gasteiger partial charge is 0.411 e. The Labute approximate surface area is 258 Å². The third kappa shape index (κ3) is 8.83. The number of hydrogen-bond donors (Lipinski definition) is 4. The van der Waals surface area contributed by atoms with Gasteiger partial charge in [0, 0.05) is 42.0 Å². The average molecular weight is 649 g/mol. The number of aromatic amines is 1. The summed E-state index contributed by atoms with van der Waals surface area (Å²) in [6.45, 7) is -2.14. The maximum absolute atomic E-state index is 14.7. The molecule has 0 aromatic carbocycles. The molecule has 12 nitrogen and oxygen atoms in total. The number of amides is 2. The van der Waals surface area contributed by atoms with Crippen LogP contribution in [0.2, 0.25) is 0 Å². The molecule has 1 fully saturated rings. The lowest BCUT2D eigenvalue weighted by molar-refractivity contribution is -0.173. The van der Waals surface area contributed by atoms with E-state index in [0.29, 0.717) is 41.4 Å². The Morgan fingerprint density at radius 2 is 1.89 bits per heavy atom. The molecule has 17 heteroatoms. The predicted octanol–water partition coefficient (Wildman–Crippen LogP) is 4.65. The number of rotatable bonds is 11. The second kappa shape index (κ2) is 14.4. The molecule has 0 aliphatic heterocycles. The first-order valence-corrected chi connectivity index (χ1v) is 14.3. The van der Waals surface area contributed by atoms with E-state index in [2.05, 4.69) is 45.6 Å². The Morgan fingerprint density at radius 1 is 1.07 bits per heavy atom. The first-order valence-electron chi connectivity index (χ1n) is 14.3. The van der Waals surface area contributed by atoms with Crippen LogP contribution in [0, 0.1) is 11.6 Å². The van der Waals surface area contributed by atoms with Crippen LogP contribution < -0.4 is 16.0 Å². The van der Waals surface area contributed by atoms with Gasteiger partial charge in [0.05, 0.1) is 19.0 Å². The maximum atomic E-state index is 14.7. The molecule has 4 heterocycles. The molecule has 1 saturated carbocycles. The molecule has 46 heavy (non-hydrogen) atoms. The summed E-state index contributed by atoms with van der Waals surface area (Å²) in [4.78, 5) is 44.2. The second-order valence-electron chi connectivity index (χ2n) is 10.5. The van der Waals surface area contributed by atoms with Gasteiger partial charge in [-0.15, -0.1) is 0 Å². The third-order valence-electron chi connectivity index (χ3n) is 7.04. The largest absolute Gasteiger partial charge is 0.445 e. The first-order chi connectivity index (χ1) is 22.0. The number of ether oxygens (including phenoxy) is 2. The number of anilines is 1. The Kier molecular flexibility index (Phi) is 10.2. The van der Waals surface area contributed by atoms with Crippen LogP contribution in [-0.2, 0) is 16.1 Å². The molecule has 2 atom stereocenters. The second-order valence-corrected chi connectivity index (χ2v) is 10.5. The van der Waals surface area contributed by atoms with Crippen molar-refractivity contribution in [1.82, 2.24) is 35.6 Å². The van der Waals surface area contributed by atoms with Crippen molar-refractivity contribution < 1.29 is 41.0 Å². The van der Waals surface area contributed by atoms with Gasteiger partial charge in [0.1, 0.15) is 30.4 Å². The van der Waals surface area contributed by atoms with E-state index in [1.165, 1.54) is 18.3 Å². The van der Waals surface area contributed by atoms with E-state index in [0.717, 1.165) is 18.8 Å². The fourth-order valence-corrected chi connectivity index (χ4v) is 4.97. The predicted molar refractivity (Wildman–Crippen MR) is 153 cm³/mol. The minimum atomic E-state index is -4.45. The topological polar surface area (TPSA) is 156 Å². The minimum Gasteiger partial charge on any atom is -0.445 e. The number of halogens is 5. The highest BCUT2D eigenvalue weighted by atomic mass is 19.4. The van der Waals surface area contributed by atoms with Crippen LogP contribution >= 0.6 is 0 Å². The molecule has 1 aliphatic carbocycles. The van der Waals surface area contributed by atoms with E-state index < -0.39 is 36.4 Å². The molecule has 4 aromatic heterocycles. The Morgan fingerprint density at radius 3 is 2.72 bits per heavy atom. The van der Waals surface area contributed by atoms with Crippen molar-refractivity contribution in [2.45, 2.75) is 50.6 Å². The van der Waals surface area contributed by atoms with Crippen LogP contribution in [0.5, 0.6) is 0 Å². The molecule has 1 aliphatic rings. The number of H-pyrrole nitrogens is 1. The standard InChI is InChI=1S/C29H29F5N8O4/c30-17-9-20-21(12-38-24(20)37-11-17)25-39-13-22(31)26(42-25)40-18-2-1-3-19(10-18)41-27(43)23-8-16(4-5-35-23)14-46-28(44)36-6-7-45-15-29(32,33)34/h4-5,8-9,11-13,18-19H,1-3,6-7,10,14-15H2,(H,36,44)(H,37,38)(H,41,43)(H,39,40,42). The zero-order valence-electron chi connectivity index (χ0n) is 24.2. The van der Waals surface area contributed by atoms with E-state index in [9.17, 15) is 31.5 Å². The molecule has 0 saturated heterocycles. The summed E-state index contributed by atoms with van der Waals surface area (Å²) in [5.41, 5.74) is 1.47. The molecule has 4 aromatic rings. The van der Waals surface area contributed by atoms with Gasteiger partial charge in [-0.2, -0.15) is 13.2 Å². The quantitative estimate of drug-likeness (QED) is 0.134. The van der Waals surface area contributed by atoms with Crippen LogP contribution in [0.15, 0.2) is 43.0 Å². The molecular weight excluding hydrogens is 619 g/mol. The zero-order valence-corrected chi connectivity index (χ0v) is 24.2. The minimum absolute atomic E-state index is 0.0204. The first kappa shape index (κ1) is 32.5. The Bertz CT molecular complexity index is 1690. The average Bonchev–Trinajstić information content (AvgIpc) is 3.44. The number of carbonyl (C=O) groups excluding carboxylic acids is 2. The van der Waals surface area contributed by atoms with Crippen molar-refractivity contribution in [3.63, 3.8) is 0 Å². The van der Waals surface area contributed by atoms with Crippen molar-refractivity contribution >= 4 is 28.9 Å². The molecule has 4 N–H and O–H groups in total. The summed E-state index contributed by atoms with van der Waals surface area (Å²) >= 11 is 0. The monoisotopic (exact) mass is 648 g/mol. The van der Waals surface area contributed by atoms with Gasteiger partial charge in [-0.3, -0.25) is 9.78 Å². The summed E-state index contributed by atoms with van der Waals surface area (Å²) in [6.07, 6.45) is 2.37. The summed E-state index contributed by atoms with van der Waals surface area (Å²) in [7, 11) is 0. The number of aromatic nitrogens is 5. The van der Waals surface area contributed by atoms with Gasteiger partial charge >= 0.3 is 12.3 Å². The zero-order chi connectivity index (χ0) is 32.7.